The van der Waals surface area contributed by atoms with Gasteiger partial charge in [0.15, 0.2) is 6.10 Å². The Morgan fingerprint density at radius 3 is 2.20 bits per heavy atom. The molecule has 1 aliphatic heterocycles. The molecular weight excluding hydrogens is 542 g/mol. The molecule has 2 amide bonds. The molecule has 41 heavy (non-hydrogen) atoms. The highest BCUT2D eigenvalue weighted by molar-refractivity contribution is 7.89. The third-order valence-corrected chi connectivity index (χ3v) is 8.05. The van der Waals surface area contributed by atoms with E-state index in [2.05, 4.69) is 10.0 Å². The molecule has 1 aliphatic rings. The van der Waals surface area contributed by atoms with E-state index in [9.17, 15) is 18.0 Å². The van der Waals surface area contributed by atoms with E-state index in [1.165, 1.54) is 30.2 Å². The number of sulfonamides is 1. The molecule has 0 bridgehead atoms. The SMILES string of the molecule is COc1ccc(C(=O)N2C[C@H](C(=O)NCc3ccccc3)Oc3ccccc32)cc1S(=O)(=O)NCc1ccccc1. The third kappa shape index (κ3) is 6.40. The van der Waals surface area contributed by atoms with Crippen molar-refractivity contribution in [2.24, 2.45) is 0 Å². The summed E-state index contributed by atoms with van der Waals surface area (Å²) in [5.74, 6) is -0.381. The lowest BCUT2D eigenvalue weighted by Gasteiger charge is -2.34. The van der Waals surface area contributed by atoms with E-state index < -0.39 is 22.0 Å². The van der Waals surface area contributed by atoms with Crippen molar-refractivity contribution >= 4 is 27.5 Å². The van der Waals surface area contributed by atoms with Gasteiger partial charge in [-0.15, -0.1) is 0 Å². The van der Waals surface area contributed by atoms with Crippen LogP contribution in [0.2, 0.25) is 0 Å². The topological polar surface area (TPSA) is 114 Å². The number of benzene rings is 4. The average Bonchev–Trinajstić information content (AvgIpc) is 3.02. The number of anilines is 1. The van der Waals surface area contributed by atoms with Crippen LogP contribution in [0.25, 0.3) is 0 Å². The van der Waals surface area contributed by atoms with Crippen molar-refractivity contribution in [3.63, 3.8) is 0 Å². The summed E-state index contributed by atoms with van der Waals surface area (Å²) in [6.07, 6.45) is -0.966. The van der Waals surface area contributed by atoms with Crippen LogP contribution in [0, 0.1) is 0 Å². The van der Waals surface area contributed by atoms with Crippen LogP contribution in [0.4, 0.5) is 5.69 Å². The number of methoxy groups -OCH3 is 1. The third-order valence-electron chi connectivity index (χ3n) is 6.63. The highest BCUT2D eigenvalue weighted by Crippen LogP contribution is 2.35. The van der Waals surface area contributed by atoms with Gasteiger partial charge in [-0.25, -0.2) is 13.1 Å². The highest BCUT2D eigenvalue weighted by atomic mass is 32.2. The van der Waals surface area contributed by atoms with Crippen LogP contribution in [0.15, 0.2) is 108 Å². The number of nitrogens with zero attached hydrogens (tertiary/aromatic N) is 1. The Morgan fingerprint density at radius 2 is 1.51 bits per heavy atom. The maximum atomic E-state index is 13.9. The van der Waals surface area contributed by atoms with Crippen molar-refractivity contribution in [1.82, 2.24) is 10.0 Å². The largest absolute Gasteiger partial charge is 0.495 e. The summed E-state index contributed by atoms with van der Waals surface area (Å²) in [6, 6.07) is 29.7. The maximum Gasteiger partial charge on any atom is 0.263 e. The fourth-order valence-electron chi connectivity index (χ4n) is 4.49. The second kappa shape index (κ2) is 12.2. The first-order chi connectivity index (χ1) is 19.9. The van der Waals surface area contributed by atoms with E-state index in [0.717, 1.165) is 11.1 Å². The summed E-state index contributed by atoms with van der Waals surface area (Å²) >= 11 is 0. The molecule has 5 rings (SSSR count). The number of carbonyl (C=O) groups is 2. The van der Waals surface area contributed by atoms with Crippen molar-refractivity contribution < 1.29 is 27.5 Å². The Labute approximate surface area is 238 Å². The van der Waals surface area contributed by atoms with Crippen molar-refractivity contribution in [2.75, 3.05) is 18.6 Å². The van der Waals surface area contributed by atoms with Gasteiger partial charge in [0, 0.05) is 18.7 Å². The zero-order valence-electron chi connectivity index (χ0n) is 22.3. The lowest BCUT2D eigenvalue weighted by Crippen LogP contribution is -2.50. The van der Waals surface area contributed by atoms with Crippen LogP contribution < -0.4 is 24.4 Å². The second-order valence-electron chi connectivity index (χ2n) is 9.37. The molecule has 4 aromatic carbocycles. The first-order valence-corrected chi connectivity index (χ1v) is 14.4. The number of para-hydroxylation sites is 2. The first kappa shape index (κ1) is 27.9. The van der Waals surface area contributed by atoms with Crippen LogP contribution in [-0.2, 0) is 27.9 Å². The molecule has 0 saturated heterocycles. The van der Waals surface area contributed by atoms with Gasteiger partial charge in [-0.3, -0.25) is 9.59 Å². The molecule has 1 atom stereocenters. The van der Waals surface area contributed by atoms with E-state index in [4.69, 9.17) is 9.47 Å². The zero-order valence-corrected chi connectivity index (χ0v) is 23.1. The van der Waals surface area contributed by atoms with E-state index >= 15 is 0 Å². The van der Waals surface area contributed by atoms with Gasteiger partial charge in [-0.05, 0) is 41.5 Å². The summed E-state index contributed by atoms with van der Waals surface area (Å²) in [4.78, 5) is 28.2. The standard InChI is InChI=1S/C31H29N3O6S/c1-39-27-17-16-24(18-29(27)41(37,38)33-20-23-12-6-3-7-13-23)31(36)34-21-28(40-26-15-9-8-14-25(26)34)30(35)32-19-22-10-4-2-5-11-22/h2-18,28,33H,19-21H2,1H3,(H,32,35)/t28-/m1/s1. The molecule has 0 aliphatic carbocycles. The van der Waals surface area contributed by atoms with Crippen LogP contribution in [0.1, 0.15) is 21.5 Å². The number of carbonyl (C=O) groups excluding carboxylic acids is 2. The predicted molar refractivity (Wildman–Crippen MR) is 154 cm³/mol. The molecule has 4 aromatic rings. The Hall–Kier alpha value is -4.67. The molecule has 9 nitrogen and oxygen atoms in total. The van der Waals surface area contributed by atoms with E-state index in [0.29, 0.717) is 18.0 Å². The van der Waals surface area contributed by atoms with Gasteiger partial charge >= 0.3 is 0 Å². The summed E-state index contributed by atoms with van der Waals surface area (Å²) in [5.41, 5.74) is 2.31. The van der Waals surface area contributed by atoms with Crippen molar-refractivity contribution in [2.45, 2.75) is 24.1 Å². The number of nitrogens with one attached hydrogen (secondary N) is 2. The normalized spacial score (nSPS) is 14.5. The summed E-state index contributed by atoms with van der Waals surface area (Å²) in [5, 5.41) is 2.86. The molecular formula is C31H29N3O6S. The van der Waals surface area contributed by atoms with Crippen molar-refractivity contribution in [3.8, 4) is 11.5 Å². The Balaban J connectivity index is 1.39. The van der Waals surface area contributed by atoms with E-state index in [1.54, 1.807) is 24.3 Å². The molecule has 2 N–H and O–H groups in total. The minimum atomic E-state index is -4.04. The van der Waals surface area contributed by atoms with Crippen LogP contribution in [-0.4, -0.2) is 40.0 Å². The Bertz CT molecular complexity index is 1650. The number of ether oxygens (including phenoxy) is 2. The fourth-order valence-corrected chi connectivity index (χ4v) is 5.70. The molecule has 0 radical (unpaired) electrons. The van der Waals surface area contributed by atoms with E-state index in [1.807, 2.05) is 60.7 Å². The second-order valence-corrected chi connectivity index (χ2v) is 11.1. The van der Waals surface area contributed by atoms with Gasteiger partial charge in [-0.2, -0.15) is 0 Å². The minimum Gasteiger partial charge on any atom is -0.495 e. The number of hydrogen-bond acceptors (Lipinski definition) is 6. The first-order valence-electron chi connectivity index (χ1n) is 13.0. The summed E-state index contributed by atoms with van der Waals surface area (Å²) < 4.78 is 40.4. The maximum absolute atomic E-state index is 13.9. The number of fused-ring (bicyclic) bond motifs is 1. The average molecular weight is 572 g/mol. The molecule has 0 unspecified atom stereocenters. The van der Waals surface area contributed by atoms with Gasteiger partial charge in [0.05, 0.1) is 19.3 Å². The molecule has 0 fully saturated rings. The van der Waals surface area contributed by atoms with Gasteiger partial charge in [0.2, 0.25) is 10.0 Å². The molecule has 0 aromatic heterocycles. The summed E-state index contributed by atoms with van der Waals surface area (Å²) in [7, 11) is -2.68. The Morgan fingerprint density at radius 1 is 0.878 bits per heavy atom. The molecule has 0 saturated carbocycles. The molecule has 1 heterocycles. The monoisotopic (exact) mass is 571 g/mol. The van der Waals surface area contributed by atoms with Crippen LogP contribution in [0.3, 0.4) is 0 Å². The summed E-state index contributed by atoms with van der Waals surface area (Å²) in [6.45, 7) is 0.322. The predicted octanol–water partition coefficient (Wildman–Crippen LogP) is 3.90. The van der Waals surface area contributed by atoms with E-state index in [-0.39, 0.29) is 35.2 Å². The number of rotatable bonds is 9. The minimum absolute atomic E-state index is 0.0587. The zero-order chi connectivity index (χ0) is 28.8. The molecule has 0 spiro atoms. The smallest absolute Gasteiger partial charge is 0.263 e. The van der Waals surface area contributed by atoms with Gasteiger partial charge in [0.1, 0.15) is 16.4 Å². The Kier molecular flexibility index (Phi) is 8.32. The van der Waals surface area contributed by atoms with Gasteiger partial charge in [-0.1, -0.05) is 72.8 Å². The van der Waals surface area contributed by atoms with Crippen molar-refractivity contribution in [1.29, 1.82) is 0 Å². The molecule has 210 valence electrons. The van der Waals surface area contributed by atoms with Gasteiger partial charge < -0.3 is 19.7 Å². The quantitative estimate of drug-likeness (QED) is 0.315. The lowest BCUT2D eigenvalue weighted by atomic mass is 10.1. The number of amides is 2. The highest BCUT2D eigenvalue weighted by Gasteiger charge is 2.35. The van der Waals surface area contributed by atoms with Crippen LogP contribution in [0.5, 0.6) is 11.5 Å². The van der Waals surface area contributed by atoms with Gasteiger partial charge in [0.25, 0.3) is 11.8 Å². The van der Waals surface area contributed by atoms with Crippen LogP contribution >= 0.6 is 0 Å². The fraction of sp³-hybridized carbons (Fsp3) is 0.161. The lowest BCUT2D eigenvalue weighted by molar-refractivity contribution is -0.128. The number of hydrogen-bond donors (Lipinski definition) is 2. The molecule has 10 heteroatoms. The van der Waals surface area contributed by atoms with Crippen molar-refractivity contribution in [3.05, 3.63) is 120 Å².